The molecule has 2 heterocycles. The molecule has 0 bridgehead atoms. The molecule has 1 fully saturated rings. The predicted molar refractivity (Wildman–Crippen MR) is 175 cm³/mol. The van der Waals surface area contributed by atoms with Gasteiger partial charge in [0.15, 0.2) is 0 Å². The zero-order valence-electron chi connectivity index (χ0n) is 25.0. The predicted octanol–water partition coefficient (Wildman–Crippen LogP) is 8.08. The highest BCUT2D eigenvalue weighted by Crippen LogP contribution is 2.36. The molecule has 1 aromatic heterocycles. The van der Waals surface area contributed by atoms with Crippen LogP contribution in [-0.2, 0) is 6.61 Å². The average molecular weight is 590 g/mol. The third kappa shape index (κ3) is 6.97. The first-order valence-corrected chi connectivity index (χ1v) is 15.1. The van der Waals surface area contributed by atoms with Crippen LogP contribution in [0.4, 0.5) is 21.7 Å². The maximum absolute atomic E-state index is 14.6. The molecule has 44 heavy (non-hydrogen) atoms. The first-order chi connectivity index (χ1) is 21.4. The fourth-order valence-corrected chi connectivity index (χ4v) is 5.48. The molecule has 0 aliphatic carbocycles. The highest BCUT2D eigenvalue weighted by atomic mass is 19.1. The van der Waals surface area contributed by atoms with Gasteiger partial charge in [0.2, 0.25) is 5.95 Å². The zero-order chi connectivity index (χ0) is 30.5. The quantitative estimate of drug-likeness (QED) is 0.181. The summed E-state index contributed by atoms with van der Waals surface area (Å²) in [6.45, 7) is 6.20. The van der Waals surface area contributed by atoms with E-state index < -0.39 is 5.82 Å². The summed E-state index contributed by atoms with van der Waals surface area (Å²) in [4.78, 5) is 24.7. The fourth-order valence-electron chi connectivity index (χ4n) is 5.48. The second-order valence-corrected chi connectivity index (χ2v) is 11.5. The van der Waals surface area contributed by atoms with Gasteiger partial charge < -0.3 is 20.3 Å². The van der Waals surface area contributed by atoms with Crippen LogP contribution in [0.5, 0.6) is 5.75 Å². The standard InChI is InChI=1S/C36H36FN5O2/c1-24(2)39-36-38-22-28-19-32(34(21-33(28)41-36)44-23-25-10-5-3-6-11-25)26-12-9-13-30(17-26)40-35(43)27-16-29(37)20-31(18-27)42-14-7-4-8-15-42/h3,5-6,9-13,16-22,24H,4,7-8,14-15,23H2,1-2H3,(H,40,43)(H,38,39,41). The number of benzene rings is 4. The van der Waals surface area contributed by atoms with E-state index in [0.29, 0.717) is 24.0 Å². The lowest BCUT2D eigenvalue weighted by molar-refractivity contribution is 0.102. The van der Waals surface area contributed by atoms with E-state index in [4.69, 9.17) is 9.72 Å². The van der Waals surface area contributed by atoms with Crippen LogP contribution < -0.4 is 20.3 Å². The Kier molecular flexibility index (Phi) is 8.68. The van der Waals surface area contributed by atoms with Gasteiger partial charge in [0, 0.05) is 59.3 Å². The molecule has 8 heteroatoms. The number of rotatable bonds is 9. The largest absolute Gasteiger partial charge is 0.488 e. The fraction of sp³-hybridized carbons (Fsp3) is 0.250. The molecule has 6 rings (SSSR count). The molecule has 1 saturated heterocycles. The lowest BCUT2D eigenvalue weighted by Gasteiger charge is -2.29. The molecule has 2 N–H and O–H groups in total. The van der Waals surface area contributed by atoms with Crippen molar-refractivity contribution >= 4 is 34.1 Å². The number of carbonyl (C=O) groups is 1. The Morgan fingerprint density at radius 1 is 0.955 bits per heavy atom. The summed E-state index contributed by atoms with van der Waals surface area (Å²) in [7, 11) is 0. The first kappa shape index (κ1) is 29.1. The van der Waals surface area contributed by atoms with Crippen molar-refractivity contribution in [3.63, 3.8) is 0 Å². The van der Waals surface area contributed by atoms with Gasteiger partial charge in [-0.2, -0.15) is 0 Å². The lowest BCUT2D eigenvalue weighted by Crippen LogP contribution is -2.29. The van der Waals surface area contributed by atoms with Gasteiger partial charge in [0.25, 0.3) is 5.91 Å². The Morgan fingerprint density at radius 3 is 2.57 bits per heavy atom. The highest BCUT2D eigenvalue weighted by Gasteiger charge is 2.17. The Bertz CT molecular complexity index is 1770. The number of piperidine rings is 1. The maximum Gasteiger partial charge on any atom is 0.255 e. The van der Waals surface area contributed by atoms with Gasteiger partial charge in [-0.1, -0.05) is 42.5 Å². The number of nitrogens with one attached hydrogen (secondary N) is 2. The summed E-state index contributed by atoms with van der Waals surface area (Å²) >= 11 is 0. The molecule has 1 aliphatic rings. The maximum atomic E-state index is 14.6. The topological polar surface area (TPSA) is 79.4 Å². The Morgan fingerprint density at radius 2 is 1.77 bits per heavy atom. The number of ether oxygens (including phenoxy) is 1. The monoisotopic (exact) mass is 589 g/mol. The summed E-state index contributed by atoms with van der Waals surface area (Å²) in [5, 5.41) is 7.09. The minimum absolute atomic E-state index is 0.196. The molecule has 1 amide bonds. The highest BCUT2D eigenvalue weighted by molar-refractivity contribution is 6.05. The zero-order valence-corrected chi connectivity index (χ0v) is 25.0. The molecule has 0 atom stereocenters. The number of fused-ring (bicyclic) bond motifs is 1. The molecule has 7 nitrogen and oxygen atoms in total. The number of halogens is 1. The minimum Gasteiger partial charge on any atom is -0.488 e. The third-order valence-electron chi connectivity index (χ3n) is 7.63. The van der Waals surface area contributed by atoms with E-state index in [1.165, 1.54) is 18.6 Å². The lowest BCUT2D eigenvalue weighted by atomic mass is 10.0. The third-order valence-corrected chi connectivity index (χ3v) is 7.63. The number of hydrogen-bond acceptors (Lipinski definition) is 6. The molecule has 5 aromatic rings. The van der Waals surface area contributed by atoms with Gasteiger partial charge in [-0.05, 0) is 80.6 Å². The number of nitrogens with zero attached hydrogens (tertiary/aromatic N) is 3. The van der Waals surface area contributed by atoms with Gasteiger partial charge >= 0.3 is 0 Å². The number of hydrogen-bond donors (Lipinski definition) is 2. The van der Waals surface area contributed by atoms with Crippen molar-refractivity contribution in [3.8, 4) is 16.9 Å². The molecule has 1 aliphatic heterocycles. The van der Waals surface area contributed by atoms with Crippen LogP contribution in [-0.4, -0.2) is 35.0 Å². The van der Waals surface area contributed by atoms with E-state index in [1.807, 2.05) is 80.6 Å². The van der Waals surface area contributed by atoms with Crippen molar-refractivity contribution < 1.29 is 13.9 Å². The van der Waals surface area contributed by atoms with Crippen LogP contribution in [0.1, 0.15) is 49.0 Å². The second-order valence-electron chi connectivity index (χ2n) is 11.5. The van der Waals surface area contributed by atoms with E-state index >= 15 is 0 Å². The van der Waals surface area contributed by atoms with Gasteiger partial charge in [0.1, 0.15) is 18.2 Å². The van der Waals surface area contributed by atoms with Crippen molar-refractivity contribution in [3.05, 3.63) is 108 Å². The molecular formula is C36H36FN5O2. The summed E-state index contributed by atoms with van der Waals surface area (Å²) in [5.74, 6) is 0.435. The number of amides is 1. The number of carbonyl (C=O) groups excluding carboxylic acids is 1. The van der Waals surface area contributed by atoms with Crippen molar-refractivity contribution in [2.24, 2.45) is 0 Å². The SMILES string of the molecule is CC(C)Nc1ncc2cc(-c3cccc(NC(=O)c4cc(F)cc(N5CCCCC5)c4)c3)c(OCc3ccccc3)cc2n1. The van der Waals surface area contributed by atoms with Crippen molar-refractivity contribution in [1.29, 1.82) is 0 Å². The molecule has 224 valence electrons. The summed E-state index contributed by atoms with van der Waals surface area (Å²) < 4.78 is 21.0. The van der Waals surface area contributed by atoms with Crippen LogP contribution in [0.25, 0.3) is 22.0 Å². The first-order valence-electron chi connectivity index (χ1n) is 15.1. The Balaban J connectivity index is 1.30. The Labute approximate surface area is 257 Å². The molecular weight excluding hydrogens is 553 g/mol. The smallest absolute Gasteiger partial charge is 0.255 e. The minimum atomic E-state index is -0.419. The molecule has 4 aromatic carbocycles. The van der Waals surface area contributed by atoms with Crippen molar-refractivity contribution in [2.45, 2.75) is 45.8 Å². The molecule has 0 saturated carbocycles. The average Bonchev–Trinajstić information content (AvgIpc) is 3.04. The molecule has 0 unspecified atom stereocenters. The summed E-state index contributed by atoms with van der Waals surface area (Å²) in [5.41, 5.74) is 5.13. The van der Waals surface area contributed by atoms with Crippen LogP contribution in [0, 0.1) is 5.82 Å². The van der Waals surface area contributed by atoms with Crippen LogP contribution in [0.15, 0.2) is 91.1 Å². The van der Waals surface area contributed by atoms with E-state index in [0.717, 1.165) is 59.2 Å². The number of anilines is 3. The van der Waals surface area contributed by atoms with Gasteiger partial charge in [-0.3, -0.25) is 4.79 Å². The van der Waals surface area contributed by atoms with Crippen LogP contribution in [0.3, 0.4) is 0 Å². The summed E-state index contributed by atoms with van der Waals surface area (Å²) in [6.07, 6.45) is 5.11. The van der Waals surface area contributed by atoms with Crippen LogP contribution >= 0.6 is 0 Å². The Hall–Kier alpha value is -4.98. The molecule has 0 spiro atoms. The van der Waals surface area contributed by atoms with E-state index in [-0.39, 0.29) is 17.5 Å². The normalized spacial score (nSPS) is 13.2. The van der Waals surface area contributed by atoms with E-state index in [2.05, 4.69) is 20.5 Å². The van der Waals surface area contributed by atoms with Gasteiger partial charge in [0.05, 0.1) is 5.52 Å². The van der Waals surface area contributed by atoms with Crippen LogP contribution in [0.2, 0.25) is 0 Å². The van der Waals surface area contributed by atoms with Crippen molar-refractivity contribution in [2.75, 3.05) is 28.6 Å². The van der Waals surface area contributed by atoms with Gasteiger partial charge in [-0.15, -0.1) is 0 Å². The number of aromatic nitrogens is 2. The second kappa shape index (κ2) is 13.1. The van der Waals surface area contributed by atoms with Crippen molar-refractivity contribution in [1.82, 2.24) is 9.97 Å². The molecule has 0 radical (unpaired) electrons. The van der Waals surface area contributed by atoms with E-state index in [1.54, 1.807) is 12.3 Å². The van der Waals surface area contributed by atoms with E-state index in [9.17, 15) is 9.18 Å². The summed E-state index contributed by atoms with van der Waals surface area (Å²) in [6, 6.07) is 26.3. The van der Waals surface area contributed by atoms with Gasteiger partial charge in [-0.25, -0.2) is 14.4 Å².